The molecule has 0 fully saturated rings. The van der Waals surface area contributed by atoms with Crippen LogP contribution in [-0.4, -0.2) is 48.9 Å². The van der Waals surface area contributed by atoms with Crippen LogP contribution in [0.4, 0.5) is 0 Å². The van der Waals surface area contributed by atoms with Gasteiger partial charge in [-0.05, 0) is 0 Å². The molecule has 0 nitrogen and oxygen atoms in total. The first-order chi connectivity index (χ1) is 2.41. The van der Waals surface area contributed by atoms with Gasteiger partial charge in [-0.2, -0.15) is 0 Å². The molecule has 0 rings (SSSR count). The predicted molar refractivity (Wildman–Crippen MR) is 31.0 cm³/mol. The van der Waals surface area contributed by atoms with Crippen molar-refractivity contribution in [1.82, 2.24) is 0 Å². The first kappa shape index (κ1) is 10.5. The van der Waals surface area contributed by atoms with E-state index in [2.05, 4.69) is 13.8 Å². The summed E-state index contributed by atoms with van der Waals surface area (Å²) in [5, 5.41) is 0. The van der Waals surface area contributed by atoms with Gasteiger partial charge in [-0.1, -0.05) is 33.1 Å². The zero-order chi connectivity index (χ0) is 4.12. The van der Waals surface area contributed by atoms with Gasteiger partial charge in [0.15, 0.2) is 0 Å². The molecule has 0 aromatic carbocycles. The molecule has 0 atom stereocenters. The Kier molecular flexibility index (Phi) is 17.1. The second kappa shape index (κ2) is 9.76. The van der Waals surface area contributed by atoms with Crippen LogP contribution in [0.5, 0.6) is 0 Å². The molecule has 0 aliphatic heterocycles. The van der Waals surface area contributed by atoms with Crippen LogP contribution in [0.3, 0.4) is 0 Å². The predicted octanol–water partition coefficient (Wildman–Crippen LogP) is 1.82. The molecule has 0 heterocycles. The quantitative estimate of drug-likeness (QED) is 0.609. The molecule has 0 aliphatic rings. The Morgan fingerprint density at radius 1 is 1.00 bits per heavy atom. The Balaban J connectivity index is 0. The van der Waals surface area contributed by atoms with Gasteiger partial charge in [0.05, 0.1) is 0 Å². The fourth-order valence-electron chi connectivity index (χ4n) is 0.354. The first-order valence-corrected chi connectivity index (χ1v) is 2.41. The van der Waals surface area contributed by atoms with Crippen LogP contribution in [0.1, 0.15) is 33.1 Å². The van der Waals surface area contributed by atoms with E-state index in [-0.39, 0.29) is 48.9 Å². The maximum absolute atomic E-state index is 2.21. The van der Waals surface area contributed by atoms with Crippen LogP contribution in [0.2, 0.25) is 0 Å². The van der Waals surface area contributed by atoms with E-state index in [9.17, 15) is 0 Å². The molecule has 0 saturated heterocycles. The van der Waals surface area contributed by atoms with Crippen molar-refractivity contribution in [2.75, 3.05) is 0 Å². The van der Waals surface area contributed by atoms with Gasteiger partial charge in [-0.15, -0.1) is 0 Å². The molecule has 0 spiro atoms. The summed E-state index contributed by atoms with van der Waals surface area (Å²) in [6, 6.07) is 0. The van der Waals surface area contributed by atoms with Gasteiger partial charge in [0, 0.05) is 48.9 Å². The molecule has 1 heteroatoms. The minimum atomic E-state index is 0. The van der Waals surface area contributed by atoms with Crippen LogP contribution < -0.4 is 0 Å². The minimum absolute atomic E-state index is 0. The molecule has 0 aromatic rings. The van der Waals surface area contributed by atoms with E-state index in [0.29, 0.717) is 0 Å². The molecule has 0 amide bonds. The second-order valence-electron chi connectivity index (χ2n) is 1.35. The van der Waals surface area contributed by atoms with Crippen LogP contribution in [0.15, 0.2) is 0 Å². The Labute approximate surface area is 80.8 Å². The third-order valence-electron chi connectivity index (χ3n) is 0.707. The second-order valence-corrected chi connectivity index (χ2v) is 1.35. The Morgan fingerprint density at radius 3 is 1.33 bits per heavy atom. The van der Waals surface area contributed by atoms with E-state index in [1.807, 2.05) is 0 Å². The van der Waals surface area contributed by atoms with E-state index in [4.69, 9.17) is 0 Å². The number of hydrogen-bond acceptors (Lipinski definition) is 0. The van der Waals surface area contributed by atoms with Crippen molar-refractivity contribution in [2.24, 2.45) is 0 Å². The fourth-order valence-corrected chi connectivity index (χ4v) is 0.354. The van der Waals surface area contributed by atoms with E-state index < -0.39 is 0 Å². The number of rotatable bonds is 2. The molecule has 6 heavy (non-hydrogen) atoms. The van der Waals surface area contributed by atoms with Crippen molar-refractivity contribution in [3.63, 3.8) is 0 Å². The summed E-state index contributed by atoms with van der Waals surface area (Å²) in [6.45, 7) is 4.42. The normalized spacial score (nSPS) is 7.00. The summed E-state index contributed by atoms with van der Waals surface area (Å²) < 4.78 is 0. The standard InChI is InChI=1S/C5H12.Ba/c1-3-5-4-2;/h3-5H2,1-2H3;. The van der Waals surface area contributed by atoms with Crippen molar-refractivity contribution >= 4 is 48.9 Å². The zero-order valence-corrected chi connectivity index (χ0v) is 9.27. The average Bonchev–Trinajstić information content (AvgIpc) is 1.41. The van der Waals surface area contributed by atoms with Gasteiger partial charge in [-0.25, -0.2) is 0 Å². The van der Waals surface area contributed by atoms with Gasteiger partial charge in [0.25, 0.3) is 0 Å². The SMILES string of the molecule is CCCCC.[Ba]. The monoisotopic (exact) mass is 210 g/mol. The summed E-state index contributed by atoms with van der Waals surface area (Å²) in [5.74, 6) is 0. The largest absolute Gasteiger partial charge is 0.0654 e. The molecule has 0 N–H and O–H groups in total. The van der Waals surface area contributed by atoms with Gasteiger partial charge in [0.1, 0.15) is 0 Å². The van der Waals surface area contributed by atoms with Crippen LogP contribution in [0, 0.1) is 0 Å². The number of hydrogen-bond donors (Lipinski definition) is 0. The molecule has 0 bridgehead atoms. The molecule has 0 aliphatic carbocycles. The van der Waals surface area contributed by atoms with Gasteiger partial charge < -0.3 is 0 Å². The maximum atomic E-state index is 2.21. The smallest absolute Gasteiger partial charge is 0 e. The topological polar surface area (TPSA) is 0 Å². The average molecular weight is 209 g/mol. The van der Waals surface area contributed by atoms with Crippen LogP contribution in [0.25, 0.3) is 0 Å². The molecule has 0 saturated carbocycles. The fraction of sp³-hybridized carbons (Fsp3) is 1.00. The first-order valence-electron chi connectivity index (χ1n) is 2.41. The van der Waals surface area contributed by atoms with Crippen molar-refractivity contribution in [1.29, 1.82) is 0 Å². The Hall–Kier alpha value is 1.57. The summed E-state index contributed by atoms with van der Waals surface area (Å²) in [4.78, 5) is 0. The zero-order valence-electron chi connectivity index (χ0n) is 4.83. The summed E-state index contributed by atoms with van der Waals surface area (Å²) in [5.41, 5.74) is 0. The molecule has 0 unspecified atom stereocenters. The number of unbranched alkanes of at least 4 members (excludes halogenated alkanes) is 2. The third kappa shape index (κ3) is 9.13. The molecule has 0 aromatic heterocycles. The Morgan fingerprint density at radius 2 is 1.33 bits per heavy atom. The van der Waals surface area contributed by atoms with Gasteiger partial charge in [-0.3, -0.25) is 0 Å². The van der Waals surface area contributed by atoms with Crippen LogP contribution >= 0.6 is 0 Å². The van der Waals surface area contributed by atoms with Gasteiger partial charge >= 0.3 is 0 Å². The molecule has 34 valence electrons. The van der Waals surface area contributed by atoms with E-state index in [1.54, 1.807) is 0 Å². The molecular weight excluding hydrogens is 197 g/mol. The van der Waals surface area contributed by atoms with Crippen molar-refractivity contribution < 1.29 is 0 Å². The molecule has 2 radical (unpaired) electrons. The third-order valence-corrected chi connectivity index (χ3v) is 0.707. The minimum Gasteiger partial charge on any atom is -0.0654 e. The van der Waals surface area contributed by atoms with Crippen molar-refractivity contribution in [3.8, 4) is 0 Å². The van der Waals surface area contributed by atoms with E-state index in [0.717, 1.165) is 0 Å². The summed E-state index contributed by atoms with van der Waals surface area (Å²) in [6.07, 6.45) is 4.08. The Bertz CT molecular complexity index is 11.4. The molecular formula is C5H12Ba. The summed E-state index contributed by atoms with van der Waals surface area (Å²) in [7, 11) is 0. The van der Waals surface area contributed by atoms with Crippen molar-refractivity contribution in [2.45, 2.75) is 33.1 Å². The van der Waals surface area contributed by atoms with E-state index >= 15 is 0 Å². The maximum Gasteiger partial charge on any atom is 0 e. The van der Waals surface area contributed by atoms with Gasteiger partial charge in [0.2, 0.25) is 0 Å². The van der Waals surface area contributed by atoms with Crippen LogP contribution in [-0.2, 0) is 0 Å². The van der Waals surface area contributed by atoms with Crippen molar-refractivity contribution in [3.05, 3.63) is 0 Å². The summed E-state index contributed by atoms with van der Waals surface area (Å²) >= 11 is 0. The van der Waals surface area contributed by atoms with E-state index in [1.165, 1.54) is 19.3 Å².